The van der Waals surface area contributed by atoms with Crippen LogP contribution in [-0.2, 0) is 26.2 Å². The van der Waals surface area contributed by atoms with Crippen LogP contribution in [0.5, 0.6) is 0 Å². The molecule has 188 valence electrons. The number of hydrogen-bond acceptors (Lipinski definition) is 0. The second kappa shape index (κ2) is 16.1. The molecule has 0 aliphatic carbocycles. The van der Waals surface area contributed by atoms with Crippen molar-refractivity contribution in [3.8, 4) is 22.3 Å². The van der Waals surface area contributed by atoms with Crippen molar-refractivity contribution in [2.24, 2.45) is 0 Å². The number of fused-ring (bicyclic) bond motifs is 2. The summed E-state index contributed by atoms with van der Waals surface area (Å²) in [6, 6.07) is 43.1. The summed E-state index contributed by atoms with van der Waals surface area (Å²) in [4.78, 5) is 0. The Morgan fingerprint density at radius 1 is 0.553 bits per heavy atom. The van der Waals surface area contributed by atoms with E-state index in [2.05, 4.69) is 141 Å². The van der Waals surface area contributed by atoms with Crippen molar-refractivity contribution in [1.29, 1.82) is 0 Å². The van der Waals surface area contributed by atoms with E-state index in [1.54, 1.807) is 0 Å². The maximum atomic E-state index is 4.53. The average Bonchev–Trinajstić information content (AvgIpc) is 3.52. The second-order valence-corrected chi connectivity index (χ2v) is 8.99. The van der Waals surface area contributed by atoms with Gasteiger partial charge in [-0.15, -0.1) is 69.1 Å². The quantitative estimate of drug-likeness (QED) is 0.140. The Kier molecular flexibility index (Phi) is 13.3. The Bertz CT molecular complexity index is 1390. The third-order valence-electron chi connectivity index (χ3n) is 5.96. The number of rotatable bonds is 2. The van der Waals surface area contributed by atoms with Crippen LogP contribution in [0.4, 0.5) is 0 Å². The summed E-state index contributed by atoms with van der Waals surface area (Å²) >= 11 is 0. The predicted octanol–water partition coefficient (Wildman–Crippen LogP) is 9.22. The van der Waals surface area contributed by atoms with E-state index in [0.29, 0.717) is 0 Å². The molecule has 6 rings (SSSR count). The fourth-order valence-corrected chi connectivity index (χ4v) is 4.51. The summed E-state index contributed by atoms with van der Waals surface area (Å²) in [6.07, 6.45) is 6.53. The number of hydrogen-bond donors (Lipinski definition) is 0. The molecular formula is C36H36SiZr. The van der Waals surface area contributed by atoms with Crippen molar-refractivity contribution >= 4 is 37.6 Å². The molecule has 0 saturated carbocycles. The Morgan fingerprint density at radius 3 is 1.24 bits per heavy atom. The van der Waals surface area contributed by atoms with Crippen molar-refractivity contribution in [2.75, 3.05) is 0 Å². The zero-order chi connectivity index (χ0) is 26.6. The molecule has 0 atom stereocenters. The topological polar surface area (TPSA) is 0 Å². The van der Waals surface area contributed by atoms with E-state index < -0.39 is 0 Å². The fourth-order valence-electron chi connectivity index (χ4n) is 4.51. The monoisotopic (exact) mass is 586 g/mol. The van der Waals surface area contributed by atoms with Crippen molar-refractivity contribution in [3.05, 3.63) is 139 Å². The van der Waals surface area contributed by atoms with Crippen LogP contribution in [0.3, 0.4) is 0 Å². The van der Waals surface area contributed by atoms with Gasteiger partial charge in [-0.2, -0.15) is 26.0 Å². The summed E-state index contributed by atoms with van der Waals surface area (Å²) in [6.45, 7) is 8.30. The van der Waals surface area contributed by atoms with Crippen molar-refractivity contribution < 1.29 is 26.2 Å². The summed E-state index contributed by atoms with van der Waals surface area (Å²) in [7, 11) is 1.36. The Hall–Kier alpha value is -2.93. The van der Waals surface area contributed by atoms with Gasteiger partial charge >= 0.3 is 26.2 Å². The van der Waals surface area contributed by atoms with E-state index >= 15 is 0 Å². The number of aryl methyl sites for hydroxylation is 2. The van der Waals surface area contributed by atoms with Crippen LogP contribution in [0.2, 0.25) is 0 Å². The van der Waals surface area contributed by atoms with Gasteiger partial charge in [0.15, 0.2) is 0 Å². The van der Waals surface area contributed by atoms with Crippen LogP contribution in [0.1, 0.15) is 25.0 Å². The molecule has 0 spiro atoms. The van der Waals surface area contributed by atoms with Gasteiger partial charge in [-0.1, -0.05) is 97.8 Å². The van der Waals surface area contributed by atoms with Crippen molar-refractivity contribution in [3.63, 3.8) is 0 Å². The summed E-state index contributed by atoms with van der Waals surface area (Å²) in [5, 5.41) is 5.37. The minimum absolute atomic E-state index is 0. The van der Waals surface area contributed by atoms with Crippen LogP contribution in [0.25, 0.3) is 43.8 Å². The first kappa shape index (κ1) is 31.3. The molecule has 0 radical (unpaired) electrons. The molecule has 0 bridgehead atoms. The molecule has 0 amide bonds. The van der Waals surface area contributed by atoms with Gasteiger partial charge in [0.05, 0.1) is 0 Å². The van der Waals surface area contributed by atoms with Gasteiger partial charge in [0.25, 0.3) is 0 Å². The van der Waals surface area contributed by atoms with E-state index in [1.165, 1.54) is 64.8 Å². The first-order valence-corrected chi connectivity index (χ1v) is 13.5. The average molecular weight is 588 g/mol. The molecular weight excluding hydrogens is 552 g/mol. The van der Waals surface area contributed by atoms with Gasteiger partial charge in [0.1, 0.15) is 0 Å². The zero-order valence-corrected chi connectivity index (χ0v) is 26.8. The Labute approximate surface area is 251 Å². The van der Waals surface area contributed by atoms with Crippen molar-refractivity contribution in [2.45, 2.75) is 27.7 Å². The molecule has 0 heterocycles. The molecule has 6 aromatic carbocycles. The third-order valence-corrected chi connectivity index (χ3v) is 5.96. The maximum Gasteiger partial charge on any atom is 4.00 e. The third kappa shape index (κ3) is 8.03. The summed E-state index contributed by atoms with van der Waals surface area (Å²) in [5.74, 6) is 0. The second-order valence-electron chi connectivity index (χ2n) is 8.99. The smallest absolute Gasteiger partial charge is 0.533 e. The van der Waals surface area contributed by atoms with Crippen LogP contribution < -0.4 is 0 Å². The first-order chi connectivity index (χ1) is 18.1. The van der Waals surface area contributed by atoms with Crippen LogP contribution in [0.15, 0.2) is 121 Å². The molecule has 0 nitrogen and oxygen atoms in total. The minimum atomic E-state index is 0. The Balaban J connectivity index is 0.000000224. The van der Waals surface area contributed by atoms with Gasteiger partial charge in [-0.05, 0) is 11.1 Å². The standard InChI is InChI=1S/2C16H13.C3H7.CH3Si.Zr/c2*1-12-10-14-8-5-9-15(16(14)11-12)13-6-3-2-4-7-13;1-3-2;1-2;/h2*2-11H,1H3;3H,1-2H3;1H,2H2;/q4*-1;+4. The van der Waals surface area contributed by atoms with Gasteiger partial charge in [-0.3, -0.25) is 0 Å². The molecule has 2 heteroatoms. The van der Waals surface area contributed by atoms with Crippen LogP contribution in [-0.4, -0.2) is 16.0 Å². The SMILES string of the molecule is C[CH-]C.Cc1cc2c(-c3ccccc3)cccc2[cH-]1.Cc1cc2c(-c3ccccc3)cccc2[cH-]1.[CH-]=[SiH2].[Zr+4]. The number of benzene rings is 4. The van der Waals surface area contributed by atoms with E-state index in [9.17, 15) is 0 Å². The van der Waals surface area contributed by atoms with E-state index in [-0.39, 0.29) is 26.2 Å². The summed E-state index contributed by atoms with van der Waals surface area (Å²) < 4.78 is 0. The minimum Gasteiger partial charge on any atom is -0.533 e. The molecule has 0 aliphatic rings. The van der Waals surface area contributed by atoms with E-state index in [0.717, 1.165) is 0 Å². The molecule has 0 aromatic heterocycles. The van der Waals surface area contributed by atoms with Gasteiger partial charge < -0.3 is 12.6 Å². The van der Waals surface area contributed by atoms with Gasteiger partial charge in [-0.25, -0.2) is 9.85 Å². The normalized spacial score (nSPS) is 9.68. The molecule has 0 fully saturated rings. The van der Waals surface area contributed by atoms with Crippen molar-refractivity contribution in [1.82, 2.24) is 0 Å². The predicted molar refractivity (Wildman–Crippen MR) is 170 cm³/mol. The summed E-state index contributed by atoms with van der Waals surface area (Å²) in [5.41, 5.74) is 7.89. The molecule has 38 heavy (non-hydrogen) atoms. The molecule has 6 aromatic rings. The van der Waals surface area contributed by atoms with Gasteiger partial charge in [0, 0.05) is 0 Å². The zero-order valence-electron chi connectivity index (χ0n) is 22.9. The molecule has 0 aliphatic heterocycles. The fraction of sp³-hybridized carbons (Fsp3) is 0.111. The van der Waals surface area contributed by atoms with E-state index in [4.69, 9.17) is 0 Å². The largest absolute Gasteiger partial charge is 4.00 e. The first-order valence-electron chi connectivity index (χ1n) is 12.7. The maximum absolute atomic E-state index is 4.53. The molecule has 0 N–H and O–H groups in total. The van der Waals surface area contributed by atoms with Crippen LogP contribution >= 0.6 is 0 Å². The molecule has 0 unspecified atom stereocenters. The van der Waals surface area contributed by atoms with Gasteiger partial charge in [0.2, 0.25) is 0 Å². The van der Waals surface area contributed by atoms with E-state index in [1.807, 2.05) is 20.3 Å². The van der Waals surface area contributed by atoms with Crippen LogP contribution in [0, 0.1) is 20.3 Å². The molecule has 0 saturated heterocycles. The Morgan fingerprint density at radius 2 is 0.895 bits per heavy atom.